The molecule has 0 spiro atoms. The summed E-state index contributed by atoms with van der Waals surface area (Å²) in [6.07, 6.45) is 5.73. The van der Waals surface area contributed by atoms with E-state index in [9.17, 15) is 13.2 Å². The lowest BCUT2D eigenvalue weighted by atomic mass is 9.85. The zero-order valence-corrected chi connectivity index (χ0v) is 18.0. The van der Waals surface area contributed by atoms with Crippen LogP contribution in [0.5, 0.6) is 0 Å². The Morgan fingerprint density at radius 1 is 1.14 bits per heavy atom. The molecule has 8 heteroatoms. The Kier molecular flexibility index (Phi) is 6.26. The summed E-state index contributed by atoms with van der Waals surface area (Å²) in [4.78, 5) is 9.22. The van der Waals surface area contributed by atoms with Crippen molar-refractivity contribution < 1.29 is 13.2 Å². The number of halogens is 4. The fourth-order valence-corrected chi connectivity index (χ4v) is 5.67. The Morgan fingerprint density at radius 2 is 1.83 bits per heavy atom. The molecule has 0 aromatic carbocycles. The van der Waals surface area contributed by atoms with E-state index < -0.39 is 11.7 Å². The van der Waals surface area contributed by atoms with Crippen molar-refractivity contribution in [3.8, 4) is 0 Å². The van der Waals surface area contributed by atoms with Crippen LogP contribution in [0.2, 0.25) is 5.02 Å². The van der Waals surface area contributed by atoms with Crippen molar-refractivity contribution in [2.75, 3.05) is 31.1 Å². The van der Waals surface area contributed by atoms with Gasteiger partial charge in [-0.2, -0.15) is 13.2 Å². The SMILES string of the molecule is FC(F)(F)c1cnc(N2CCN(C(=S)CC3CC3C3CCCCC3)CC2)c(Cl)c1. The van der Waals surface area contributed by atoms with Crippen LogP contribution in [0, 0.1) is 17.8 Å². The first-order valence-electron chi connectivity index (χ1n) is 10.6. The molecule has 3 fully saturated rings. The Bertz CT molecular complexity index is 743. The monoisotopic (exact) mass is 445 g/mol. The summed E-state index contributed by atoms with van der Waals surface area (Å²) in [7, 11) is 0. The minimum Gasteiger partial charge on any atom is -0.363 e. The van der Waals surface area contributed by atoms with Gasteiger partial charge in [0, 0.05) is 38.8 Å². The van der Waals surface area contributed by atoms with E-state index in [-0.39, 0.29) is 5.02 Å². The zero-order chi connectivity index (χ0) is 20.6. The van der Waals surface area contributed by atoms with Crippen LogP contribution in [-0.2, 0) is 6.18 Å². The fraction of sp³-hybridized carbons (Fsp3) is 0.714. The summed E-state index contributed by atoms with van der Waals surface area (Å²) in [6.45, 7) is 2.85. The lowest BCUT2D eigenvalue weighted by molar-refractivity contribution is -0.137. The molecule has 4 rings (SSSR count). The molecule has 2 unspecified atom stereocenters. The molecule has 1 saturated heterocycles. The fourth-order valence-electron chi connectivity index (χ4n) is 4.98. The van der Waals surface area contributed by atoms with Crippen molar-refractivity contribution >= 4 is 34.6 Å². The first-order chi connectivity index (χ1) is 13.8. The first-order valence-corrected chi connectivity index (χ1v) is 11.4. The van der Waals surface area contributed by atoms with E-state index in [1.165, 1.54) is 38.5 Å². The van der Waals surface area contributed by atoms with Gasteiger partial charge in [0.15, 0.2) is 0 Å². The van der Waals surface area contributed by atoms with Crippen molar-refractivity contribution in [3.63, 3.8) is 0 Å². The average Bonchev–Trinajstić information content (AvgIpc) is 3.47. The number of pyridine rings is 1. The third-order valence-corrected chi connectivity index (χ3v) is 7.45. The first kappa shape index (κ1) is 21.2. The minimum absolute atomic E-state index is 0.0455. The van der Waals surface area contributed by atoms with E-state index in [1.54, 1.807) is 0 Å². The number of nitrogens with zero attached hydrogens (tertiary/aromatic N) is 3. The average molecular weight is 446 g/mol. The highest BCUT2D eigenvalue weighted by Crippen LogP contribution is 2.51. The molecule has 0 amide bonds. The van der Waals surface area contributed by atoms with Gasteiger partial charge >= 0.3 is 6.18 Å². The molecule has 1 aliphatic heterocycles. The molecule has 0 radical (unpaired) electrons. The van der Waals surface area contributed by atoms with Crippen LogP contribution in [0.4, 0.5) is 19.0 Å². The lowest BCUT2D eigenvalue weighted by Crippen LogP contribution is -2.48. The van der Waals surface area contributed by atoms with Crippen LogP contribution in [0.25, 0.3) is 0 Å². The van der Waals surface area contributed by atoms with E-state index in [0.717, 1.165) is 54.5 Å². The molecule has 0 bridgehead atoms. The summed E-state index contributed by atoms with van der Waals surface area (Å²) in [6, 6.07) is 0.958. The molecule has 29 heavy (non-hydrogen) atoms. The zero-order valence-electron chi connectivity index (χ0n) is 16.4. The van der Waals surface area contributed by atoms with Crippen LogP contribution in [-0.4, -0.2) is 41.1 Å². The van der Waals surface area contributed by atoms with Crippen LogP contribution in [0.1, 0.15) is 50.5 Å². The van der Waals surface area contributed by atoms with Crippen molar-refractivity contribution in [1.82, 2.24) is 9.88 Å². The van der Waals surface area contributed by atoms with Crippen LogP contribution >= 0.6 is 23.8 Å². The van der Waals surface area contributed by atoms with Gasteiger partial charge in [-0.1, -0.05) is 55.9 Å². The molecule has 1 aromatic rings. The molecule has 1 aromatic heterocycles. The Balaban J connectivity index is 1.27. The molecular weight excluding hydrogens is 419 g/mol. The second kappa shape index (κ2) is 8.58. The molecule has 3 nitrogen and oxygen atoms in total. The van der Waals surface area contributed by atoms with Crippen molar-refractivity contribution in [2.24, 2.45) is 17.8 Å². The summed E-state index contributed by atoms with van der Waals surface area (Å²) >= 11 is 11.8. The van der Waals surface area contributed by atoms with Crippen LogP contribution in [0.3, 0.4) is 0 Å². The van der Waals surface area contributed by atoms with E-state index in [2.05, 4.69) is 9.88 Å². The van der Waals surface area contributed by atoms with Gasteiger partial charge in [-0.25, -0.2) is 4.98 Å². The minimum atomic E-state index is -4.43. The molecular formula is C21H27ClF3N3S. The van der Waals surface area contributed by atoms with E-state index in [0.29, 0.717) is 18.9 Å². The topological polar surface area (TPSA) is 19.4 Å². The highest BCUT2D eigenvalue weighted by Gasteiger charge is 2.43. The highest BCUT2D eigenvalue weighted by molar-refractivity contribution is 7.80. The number of alkyl halides is 3. The largest absolute Gasteiger partial charge is 0.417 e. The molecule has 2 atom stereocenters. The summed E-state index contributed by atoms with van der Waals surface area (Å²) in [5.41, 5.74) is -0.817. The number of anilines is 1. The molecule has 160 valence electrons. The normalized spacial score (nSPS) is 25.9. The van der Waals surface area contributed by atoms with Crippen molar-refractivity contribution in [2.45, 2.75) is 51.1 Å². The van der Waals surface area contributed by atoms with Crippen LogP contribution < -0.4 is 4.90 Å². The number of aromatic nitrogens is 1. The maximum atomic E-state index is 12.8. The lowest BCUT2D eigenvalue weighted by Gasteiger charge is -2.37. The second-order valence-electron chi connectivity index (χ2n) is 8.66. The Labute approximate surface area is 180 Å². The second-order valence-corrected chi connectivity index (χ2v) is 9.54. The molecule has 2 aliphatic carbocycles. The van der Waals surface area contributed by atoms with Gasteiger partial charge in [-0.15, -0.1) is 0 Å². The van der Waals surface area contributed by atoms with Gasteiger partial charge < -0.3 is 9.80 Å². The predicted molar refractivity (Wildman–Crippen MR) is 113 cm³/mol. The van der Waals surface area contributed by atoms with Gasteiger partial charge in [-0.3, -0.25) is 0 Å². The van der Waals surface area contributed by atoms with Gasteiger partial charge in [0.2, 0.25) is 0 Å². The van der Waals surface area contributed by atoms with Gasteiger partial charge in [0.1, 0.15) is 5.82 Å². The number of hydrogen-bond donors (Lipinski definition) is 0. The number of thiocarbonyl (C=S) groups is 1. The number of piperazine rings is 1. The summed E-state index contributed by atoms with van der Waals surface area (Å²) in [5, 5.41) is 0.0455. The third kappa shape index (κ3) is 4.98. The third-order valence-electron chi connectivity index (χ3n) is 6.75. The number of hydrogen-bond acceptors (Lipinski definition) is 3. The summed E-state index contributed by atoms with van der Waals surface area (Å²) in [5.74, 6) is 2.98. The summed E-state index contributed by atoms with van der Waals surface area (Å²) < 4.78 is 38.4. The van der Waals surface area contributed by atoms with Crippen molar-refractivity contribution in [1.29, 1.82) is 0 Å². The standard InChI is InChI=1S/C21H27ClF3N3S/c22-18-12-16(21(23,24)25)13-26-20(18)28-8-6-27(7-9-28)19(29)11-15-10-17(15)14-4-2-1-3-5-14/h12-15,17H,1-11H2. The van der Waals surface area contributed by atoms with Gasteiger partial charge in [0.25, 0.3) is 0 Å². The van der Waals surface area contributed by atoms with Gasteiger partial charge in [-0.05, 0) is 30.2 Å². The Hall–Kier alpha value is -1.08. The quantitative estimate of drug-likeness (QED) is 0.544. The smallest absolute Gasteiger partial charge is 0.363 e. The van der Waals surface area contributed by atoms with Gasteiger partial charge in [0.05, 0.1) is 15.6 Å². The van der Waals surface area contributed by atoms with E-state index >= 15 is 0 Å². The molecule has 2 heterocycles. The molecule has 2 saturated carbocycles. The van der Waals surface area contributed by atoms with Crippen LogP contribution in [0.15, 0.2) is 12.3 Å². The highest BCUT2D eigenvalue weighted by atomic mass is 35.5. The predicted octanol–water partition coefficient (Wildman–Crippen LogP) is 5.81. The molecule has 3 aliphatic rings. The van der Waals surface area contributed by atoms with E-state index in [4.69, 9.17) is 23.8 Å². The van der Waals surface area contributed by atoms with Crippen molar-refractivity contribution in [3.05, 3.63) is 22.8 Å². The Morgan fingerprint density at radius 3 is 2.45 bits per heavy atom. The molecule has 0 N–H and O–H groups in total. The van der Waals surface area contributed by atoms with E-state index in [1.807, 2.05) is 4.90 Å². The maximum Gasteiger partial charge on any atom is 0.417 e. The number of rotatable bonds is 4. The maximum absolute atomic E-state index is 12.8.